The molecule has 1 aliphatic carbocycles. The second kappa shape index (κ2) is 17.7. The molecule has 302 valence electrons. The number of para-hydroxylation sites is 1. The fourth-order valence-corrected chi connectivity index (χ4v) is 8.29. The molecule has 5 atom stereocenters. The molecule has 5 rings (SSSR count). The number of thiol groups is 1. The number of ether oxygens (including phenoxy) is 1. The molecule has 4 N–H and O–H groups in total. The van der Waals surface area contributed by atoms with Gasteiger partial charge in [0.2, 0.25) is 11.8 Å². The van der Waals surface area contributed by atoms with Gasteiger partial charge in [-0.3, -0.25) is 13.9 Å². The summed E-state index contributed by atoms with van der Waals surface area (Å²) in [5.74, 6) is -3.16. The number of thiazole rings is 1. The van der Waals surface area contributed by atoms with Crippen molar-refractivity contribution in [1.29, 1.82) is 0 Å². The number of rotatable bonds is 14. The van der Waals surface area contributed by atoms with E-state index in [1.54, 1.807) is 31.4 Å². The van der Waals surface area contributed by atoms with Crippen LogP contribution in [0.15, 0.2) is 47.8 Å². The van der Waals surface area contributed by atoms with Crippen LogP contribution < -0.4 is 16.0 Å². The lowest BCUT2D eigenvalue weighted by Crippen LogP contribution is -2.65. The van der Waals surface area contributed by atoms with Crippen LogP contribution in [-0.4, -0.2) is 56.3 Å². The topological polar surface area (TPSA) is 146 Å². The maximum absolute atomic E-state index is 14.9. The molecular formula is C39H46F4N6O5S2. The lowest BCUT2D eigenvalue weighted by Gasteiger charge is -2.40. The van der Waals surface area contributed by atoms with Crippen molar-refractivity contribution in [2.24, 2.45) is 11.8 Å². The van der Waals surface area contributed by atoms with Crippen molar-refractivity contribution in [3.05, 3.63) is 86.7 Å². The number of carbonyl (C=O) groups is 4. The number of hydrogen-bond acceptors (Lipinski definition) is 8. The number of fused-ring (bicyclic) bond motifs is 3. The van der Waals surface area contributed by atoms with E-state index < -0.39 is 64.9 Å². The number of H-pyrrole nitrogens is 1. The highest BCUT2D eigenvalue weighted by atomic mass is 32.1. The predicted molar refractivity (Wildman–Crippen MR) is 207 cm³/mol. The van der Waals surface area contributed by atoms with Crippen LogP contribution in [-0.2, 0) is 39.9 Å². The van der Waals surface area contributed by atoms with E-state index in [4.69, 9.17) is 4.74 Å². The number of hydrogen-bond donors (Lipinski definition) is 5. The number of nitrogens with one attached hydrogen (secondary N) is 4. The van der Waals surface area contributed by atoms with Gasteiger partial charge in [-0.15, -0.1) is 11.3 Å². The molecule has 0 bridgehead atoms. The monoisotopic (exact) mass is 818 g/mol. The zero-order chi connectivity index (χ0) is 40.9. The number of esters is 1. The van der Waals surface area contributed by atoms with Crippen LogP contribution in [0.2, 0.25) is 0 Å². The van der Waals surface area contributed by atoms with Crippen molar-refractivity contribution in [2.75, 3.05) is 6.61 Å². The number of benzene rings is 2. The lowest BCUT2D eigenvalue weighted by molar-refractivity contribution is -0.137. The van der Waals surface area contributed by atoms with Gasteiger partial charge in [-0.05, 0) is 49.3 Å². The second-order valence-corrected chi connectivity index (χ2v) is 15.4. The molecule has 4 amide bonds. The Balaban J connectivity index is 1.53. The number of halogens is 4. The molecule has 4 aromatic rings. The van der Waals surface area contributed by atoms with Crippen molar-refractivity contribution < 1.29 is 41.5 Å². The van der Waals surface area contributed by atoms with Crippen molar-refractivity contribution in [1.82, 2.24) is 30.2 Å². The summed E-state index contributed by atoms with van der Waals surface area (Å²) >= 11 is 5.60. The summed E-state index contributed by atoms with van der Waals surface area (Å²) < 4.78 is 62.7. The zero-order valence-corrected chi connectivity index (χ0v) is 33.4. The largest absolute Gasteiger partial charge is 0.461 e. The van der Waals surface area contributed by atoms with Crippen LogP contribution in [0.1, 0.15) is 97.8 Å². The molecular weight excluding hydrogens is 773 g/mol. The number of carbonyl (C=O) groups excluding carboxylic acids is 4. The highest BCUT2D eigenvalue weighted by molar-refractivity contribution is 7.78. The molecule has 2 aromatic carbocycles. The highest BCUT2D eigenvalue weighted by Crippen LogP contribution is 2.41. The minimum absolute atomic E-state index is 0.00973. The molecule has 0 radical (unpaired) electrons. The Morgan fingerprint density at radius 1 is 1.05 bits per heavy atom. The molecule has 2 heterocycles. The van der Waals surface area contributed by atoms with Gasteiger partial charge in [-0.1, -0.05) is 83.7 Å². The third-order valence-corrected chi connectivity index (χ3v) is 11.9. The van der Waals surface area contributed by atoms with Gasteiger partial charge in [0.1, 0.15) is 22.4 Å². The predicted octanol–water partition coefficient (Wildman–Crippen LogP) is 7.68. The molecule has 56 heavy (non-hydrogen) atoms. The molecule has 17 heteroatoms. The molecule has 0 saturated carbocycles. The maximum atomic E-state index is 14.9. The standard InChI is InChI=1S/C39H46F4N6O5S2/c1-6-21(4)30(34-46-29(20-56-34)35(51)54-8-3)47-36(52)38(17-16-28-25(18-38)24-13-11-14-26(31(24)45-28)39(41,42)43)48-33(50)32(22(5)7-2)49(55)37(53)44-19-23-12-9-10-15-27(23)40/h9-15,20-22,30,32,45,55H,6-8,16-19H2,1-5H3,(H,44,53)(H,47,52)(H,48,50)/t21-,22-,30-,32-,38-/m0/s1. The molecule has 0 saturated heterocycles. The first-order chi connectivity index (χ1) is 26.5. The van der Waals surface area contributed by atoms with Gasteiger partial charge >= 0.3 is 18.2 Å². The Kier molecular flexibility index (Phi) is 13.4. The Labute approximate surface area is 331 Å². The van der Waals surface area contributed by atoms with Crippen LogP contribution >= 0.6 is 24.2 Å². The minimum atomic E-state index is -4.65. The highest BCUT2D eigenvalue weighted by Gasteiger charge is 2.48. The van der Waals surface area contributed by atoms with Crippen LogP contribution in [0.4, 0.5) is 22.4 Å². The molecule has 0 fully saturated rings. The van der Waals surface area contributed by atoms with E-state index in [2.05, 4.69) is 38.7 Å². The van der Waals surface area contributed by atoms with Gasteiger partial charge in [0.25, 0.3) is 0 Å². The summed E-state index contributed by atoms with van der Waals surface area (Å²) in [6, 6.07) is 7.00. The van der Waals surface area contributed by atoms with Gasteiger partial charge in [0.05, 0.1) is 23.7 Å². The molecule has 11 nitrogen and oxygen atoms in total. The van der Waals surface area contributed by atoms with Crippen LogP contribution in [0, 0.1) is 17.7 Å². The van der Waals surface area contributed by atoms with E-state index >= 15 is 0 Å². The van der Waals surface area contributed by atoms with E-state index in [0.29, 0.717) is 29.1 Å². The van der Waals surface area contributed by atoms with E-state index in [0.717, 1.165) is 10.4 Å². The number of urea groups is 1. The number of alkyl halides is 3. The number of aromatic amines is 1. The average molecular weight is 819 g/mol. The molecule has 0 spiro atoms. The fraction of sp³-hybridized carbons (Fsp3) is 0.462. The Morgan fingerprint density at radius 3 is 2.43 bits per heavy atom. The van der Waals surface area contributed by atoms with Crippen LogP contribution in [0.5, 0.6) is 0 Å². The Hall–Kier alpha value is -4.64. The quantitative estimate of drug-likeness (QED) is 0.0502. The second-order valence-electron chi connectivity index (χ2n) is 14.1. The van der Waals surface area contributed by atoms with Crippen molar-refractivity contribution in [2.45, 2.75) is 97.1 Å². The van der Waals surface area contributed by atoms with Crippen molar-refractivity contribution >= 4 is 58.9 Å². The van der Waals surface area contributed by atoms with Gasteiger partial charge in [-0.25, -0.2) is 19.0 Å². The zero-order valence-electron chi connectivity index (χ0n) is 31.7. The SMILES string of the molecule is CCOC(=O)c1csc([C@@H](NC(=O)[C@]2(NC(=O)[C@H]([C@@H](C)CC)N(S)C(=O)NCc3ccccc3F)CCc3[nH]c4c(C(F)(F)F)cccc4c3C2)[C@@H](C)CC)n1. The van der Waals surface area contributed by atoms with E-state index in [9.17, 15) is 36.7 Å². The summed E-state index contributed by atoms with van der Waals surface area (Å²) in [5, 5.41) is 10.9. The number of aryl methyl sites for hydroxylation is 1. The first-order valence-corrected chi connectivity index (χ1v) is 19.8. The number of amides is 4. The number of nitrogens with zero attached hydrogens (tertiary/aromatic N) is 2. The summed E-state index contributed by atoms with van der Waals surface area (Å²) in [6.07, 6.45) is -3.72. The van der Waals surface area contributed by atoms with E-state index in [1.807, 2.05) is 20.8 Å². The lowest BCUT2D eigenvalue weighted by atomic mass is 9.78. The van der Waals surface area contributed by atoms with Gasteiger partial charge < -0.3 is 25.7 Å². The maximum Gasteiger partial charge on any atom is 0.418 e. The summed E-state index contributed by atoms with van der Waals surface area (Å²) in [6.45, 7) is 9.02. The minimum Gasteiger partial charge on any atom is -0.461 e. The van der Waals surface area contributed by atoms with Crippen LogP contribution in [0.3, 0.4) is 0 Å². The first kappa shape index (κ1) is 42.5. The van der Waals surface area contributed by atoms with Gasteiger partial charge in [-0.2, -0.15) is 13.2 Å². The van der Waals surface area contributed by atoms with E-state index in [-0.39, 0.29) is 60.5 Å². The molecule has 1 aliphatic rings. The molecule has 0 aliphatic heterocycles. The summed E-state index contributed by atoms with van der Waals surface area (Å²) in [7, 11) is 0. The third kappa shape index (κ3) is 8.98. The molecule has 0 unspecified atom stereocenters. The summed E-state index contributed by atoms with van der Waals surface area (Å²) in [4.78, 5) is 62.7. The average Bonchev–Trinajstić information content (AvgIpc) is 3.81. The van der Waals surface area contributed by atoms with Crippen LogP contribution in [0.25, 0.3) is 10.9 Å². The van der Waals surface area contributed by atoms with Gasteiger partial charge in [0.15, 0.2) is 5.69 Å². The van der Waals surface area contributed by atoms with E-state index in [1.165, 1.54) is 35.6 Å². The van der Waals surface area contributed by atoms with Crippen molar-refractivity contribution in [3.63, 3.8) is 0 Å². The Morgan fingerprint density at radius 2 is 1.77 bits per heavy atom. The van der Waals surface area contributed by atoms with Gasteiger partial charge in [0, 0.05) is 35.0 Å². The number of aromatic nitrogens is 2. The first-order valence-electron chi connectivity index (χ1n) is 18.5. The summed E-state index contributed by atoms with van der Waals surface area (Å²) in [5.41, 5.74) is -1.44. The Bertz CT molecular complexity index is 2070. The molecule has 2 aromatic heterocycles. The van der Waals surface area contributed by atoms with Crippen molar-refractivity contribution in [3.8, 4) is 0 Å². The third-order valence-electron chi connectivity index (χ3n) is 10.5. The smallest absolute Gasteiger partial charge is 0.418 e. The normalized spacial score (nSPS) is 17.6. The fourth-order valence-electron chi connectivity index (χ4n) is 6.92.